The van der Waals surface area contributed by atoms with Gasteiger partial charge in [-0.25, -0.2) is 14.4 Å². The molecular formula is C27H16F9NO7. The molecule has 234 valence electrons. The average Bonchev–Trinajstić information content (AvgIpc) is 2.93. The number of rotatable bonds is 8. The van der Waals surface area contributed by atoms with Crippen LogP contribution in [0.3, 0.4) is 0 Å². The molecular weight excluding hydrogens is 621 g/mol. The van der Waals surface area contributed by atoms with Crippen LogP contribution >= 0.6 is 0 Å². The topological polar surface area (TPSA) is 119 Å². The normalized spacial score (nSPS) is 13.4. The molecule has 0 unspecified atom stereocenters. The summed E-state index contributed by atoms with van der Waals surface area (Å²) in [4.78, 5) is 50.5. The molecule has 0 bridgehead atoms. The quantitative estimate of drug-likeness (QED) is 0.223. The molecule has 0 aromatic heterocycles. The standard InChI is InChI=1S/C27H16F9NO7/c28-25(29,30)15-6-1-4-13(10-15)23(41)43-19(21(38)37-18-9-3-8-17(12-18)27(34,35)36)20(22(39)40)44-24(42)14-5-2-7-16(11-14)26(31,32)33/h1-12,19-20H,(H,37,38)(H,39,40)/t19-,20-/m0/s1. The molecule has 0 aliphatic rings. The second kappa shape index (κ2) is 12.6. The van der Waals surface area contributed by atoms with Crippen LogP contribution in [0.15, 0.2) is 72.8 Å². The monoisotopic (exact) mass is 637 g/mol. The van der Waals surface area contributed by atoms with Gasteiger partial charge in [0.25, 0.3) is 5.91 Å². The molecule has 0 spiro atoms. The summed E-state index contributed by atoms with van der Waals surface area (Å²) in [6.07, 6.45) is -20.5. The minimum atomic E-state index is -4.96. The Bertz CT molecular complexity index is 1570. The molecule has 2 atom stereocenters. The van der Waals surface area contributed by atoms with Crippen LogP contribution in [-0.4, -0.2) is 41.1 Å². The van der Waals surface area contributed by atoms with Crippen molar-refractivity contribution in [3.63, 3.8) is 0 Å². The highest BCUT2D eigenvalue weighted by molar-refractivity contribution is 6.01. The number of carbonyl (C=O) groups is 4. The van der Waals surface area contributed by atoms with Gasteiger partial charge >= 0.3 is 36.4 Å². The summed E-state index contributed by atoms with van der Waals surface area (Å²) >= 11 is 0. The number of nitrogens with one attached hydrogen (secondary N) is 1. The largest absolute Gasteiger partial charge is 0.478 e. The number of hydrogen-bond donors (Lipinski definition) is 2. The van der Waals surface area contributed by atoms with Crippen LogP contribution in [-0.2, 0) is 37.6 Å². The molecule has 17 heteroatoms. The third kappa shape index (κ3) is 8.48. The van der Waals surface area contributed by atoms with Crippen molar-refractivity contribution in [2.75, 3.05) is 5.32 Å². The van der Waals surface area contributed by atoms with Crippen molar-refractivity contribution in [3.05, 3.63) is 101 Å². The van der Waals surface area contributed by atoms with Crippen molar-refractivity contribution in [1.82, 2.24) is 0 Å². The van der Waals surface area contributed by atoms with E-state index in [4.69, 9.17) is 4.74 Å². The van der Waals surface area contributed by atoms with Crippen molar-refractivity contribution in [3.8, 4) is 0 Å². The Morgan fingerprint density at radius 1 is 0.591 bits per heavy atom. The first kappa shape index (κ1) is 33.4. The Kier molecular flexibility index (Phi) is 9.60. The van der Waals surface area contributed by atoms with E-state index in [9.17, 15) is 63.8 Å². The Morgan fingerprint density at radius 3 is 1.39 bits per heavy atom. The number of carboxylic acid groups (broad SMARTS) is 1. The van der Waals surface area contributed by atoms with Gasteiger partial charge in [0.2, 0.25) is 12.2 Å². The Morgan fingerprint density at radius 2 is 0.977 bits per heavy atom. The van der Waals surface area contributed by atoms with Crippen LogP contribution in [0.1, 0.15) is 37.4 Å². The summed E-state index contributed by atoms with van der Waals surface area (Å²) in [6.45, 7) is 0. The molecule has 0 radical (unpaired) electrons. The summed E-state index contributed by atoms with van der Waals surface area (Å²) in [5, 5.41) is 11.5. The predicted molar refractivity (Wildman–Crippen MR) is 129 cm³/mol. The minimum absolute atomic E-state index is 0.271. The minimum Gasteiger partial charge on any atom is -0.478 e. The Hall–Kier alpha value is -5.09. The van der Waals surface area contributed by atoms with Crippen molar-refractivity contribution >= 4 is 29.5 Å². The number of esters is 2. The number of alkyl halides is 9. The van der Waals surface area contributed by atoms with Crippen LogP contribution in [0.4, 0.5) is 45.2 Å². The van der Waals surface area contributed by atoms with Crippen molar-refractivity contribution in [2.24, 2.45) is 0 Å². The molecule has 2 N–H and O–H groups in total. The third-order valence-corrected chi connectivity index (χ3v) is 5.55. The fourth-order valence-electron chi connectivity index (χ4n) is 3.49. The lowest BCUT2D eigenvalue weighted by molar-refractivity contribution is -0.157. The van der Waals surface area contributed by atoms with E-state index in [1.54, 1.807) is 0 Å². The van der Waals surface area contributed by atoms with Crippen molar-refractivity contribution in [2.45, 2.75) is 30.7 Å². The highest BCUT2D eigenvalue weighted by atomic mass is 19.4. The molecule has 3 aromatic rings. The first-order valence-electron chi connectivity index (χ1n) is 11.7. The van der Waals surface area contributed by atoms with E-state index in [1.165, 1.54) is 0 Å². The van der Waals surface area contributed by atoms with Gasteiger partial charge in [0.05, 0.1) is 27.8 Å². The van der Waals surface area contributed by atoms with Gasteiger partial charge in [-0.2, -0.15) is 39.5 Å². The van der Waals surface area contributed by atoms with Gasteiger partial charge < -0.3 is 19.9 Å². The molecule has 1 amide bonds. The molecule has 0 saturated carbocycles. The number of amides is 1. The second-order valence-electron chi connectivity index (χ2n) is 8.71. The maximum atomic E-state index is 13.1. The fraction of sp³-hybridized carbons (Fsp3) is 0.185. The average molecular weight is 637 g/mol. The second-order valence-corrected chi connectivity index (χ2v) is 8.71. The third-order valence-electron chi connectivity index (χ3n) is 5.55. The zero-order chi connectivity index (χ0) is 33.0. The number of aliphatic carboxylic acids is 1. The van der Waals surface area contributed by atoms with Gasteiger partial charge in [-0.15, -0.1) is 0 Å². The number of anilines is 1. The lowest BCUT2D eigenvalue weighted by Gasteiger charge is -2.24. The summed E-state index contributed by atoms with van der Waals surface area (Å²) in [6, 6.07) is 7.51. The first-order valence-corrected chi connectivity index (χ1v) is 11.7. The number of carboxylic acids is 1. The lowest BCUT2D eigenvalue weighted by Crippen LogP contribution is -2.48. The summed E-state index contributed by atoms with van der Waals surface area (Å²) in [7, 11) is 0. The number of halogens is 9. The lowest BCUT2D eigenvalue weighted by atomic mass is 10.1. The molecule has 44 heavy (non-hydrogen) atoms. The van der Waals surface area contributed by atoms with Gasteiger partial charge in [0.1, 0.15) is 0 Å². The van der Waals surface area contributed by atoms with E-state index in [1.807, 2.05) is 5.32 Å². The molecule has 0 heterocycles. The van der Waals surface area contributed by atoms with Gasteiger partial charge in [-0.05, 0) is 54.6 Å². The van der Waals surface area contributed by atoms with Gasteiger partial charge in [-0.1, -0.05) is 18.2 Å². The Balaban J connectivity index is 2.00. The summed E-state index contributed by atoms with van der Waals surface area (Å²) < 4.78 is 127. The van der Waals surface area contributed by atoms with E-state index < -0.39 is 88.1 Å². The summed E-state index contributed by atoms with van der Waals surface area (Å²) in [5.74, 6) is -7.49. The van der Waals surface area contributed by atoms with Crippen LogP contribution in [0.2, 0.25) is 0 Å². The number of ether oxygens (including phenoxy) is 2. The molecule has 0 aliphatic heterocycles. The summed E-state index contributed by atoms with van der Waals surface area (Å²) in [5.41, 5.74) is -6.36. The zero-order valence-electron chi connectivity index (χ0n) is 21.4. The zero-order valence-corrected chi connectivity index (χ0v) is 21.4. The molecule has 3 rings (SSSR count). The predicted octanol–water partition coefficient (Wildman–Crippen LogP) is 6.22. The van der Waals surface area contributed by atoms with E-state index >= 15 is 0 Å². The van der Waals surface area contributed by atoms with E-state index in [0.29, 0.717) is 24.3 Å². The molecule has 0 saturated heterocycles. The number of carbonyl (C=O) groups excluding carboxylic acids is 3. The van der Waals surface area contributed by atoms with Gasteiger partial charge in [0, 0.05) is 5.69 Å². The highest BCUT2D eigenvalue weighted by Crippen LogP contribution is 2.32. The smallest absolute Gasteiger partial charge is 0.416 e. The van der Waals surface area contributed by atoms with Gasteiger partial charge in [-0.3, -0.25) is 4.79 Å². The highest BCUT2D eigenvalue weighted by Gasteiger charge is 2.42. The van der Waals surface area contributed by atoms with E-state index in [2.05, 4.69) is 4.74 Å². The molecule has 3 aromatic carbocycles. The van der Waals surface area contributed by atoms with Crippen LogP contribution in [0.25, 0.3) is 0 Å². The molecule has 0 fully saturated rings. The molecule has 8 nitrogen and oxygen atoms in total. The number of hydrogen-bond acceptors (Lipinski definition) is 6. The van der Waals surface area contributed by atoms with Crippen LogP contribution in [0.5, 0.6) is 0 Å². The molecule has 0 aliphatic carbocycles. The SMILES string of the molecule is O=C(O[C@H](C(=O)O)[C@H](OC(=O)c1cccc(C(F)(F)F)c1)C(=O)Nc1cccc(C(F)(F)F)c1)c1cccc(C(F)(F)F)c1. The van der Waals surface area contributed by atoms with Crippen LogP contribution in [0, 0.1) is 0 Å². The van der Waals surface area contributed by atoms with Crippen LogP contribution < -0.4 is 5.32 Å². The van der Waals surface area contributed by atoms with Crippen molar-refractivity contribution < 1.29 is 73.3 Å². The van der Waals surface area contributed by atoms with Crippen molar-refractivity contribution in [1.29, 1.82) is 0 Å². The Labute approximate surface area is 240 Å². The maximum Gasteiger partial charge on any atom is 0.416 e. The first-order chi connectivity index (χ1) is 20.3. The fourth-order valence-corrected chi connectivity index (χ4v) is 3.49. The van der Waals surface area contributed by atoms with E-state index in [0.717, 1.165) is 36.4 Å². The maximum absolute atomic E-state index is 13.1. The number of benzene rings is 3. The van der Waals surface area contributed by atoms with E-state index in [-0.39, 0.29) is 12.1 Å². The van der Waals surface area contributed by atoms with Gasteiger partial charge in [0.15, 0.2) is 0 Å².